The molecule has 2 nitrogen and oxygen atoms in total. The number of hydrogen-bond acceptors (Lipinski definition) is 3. The van der Waals surface area contributed by atoms with Gasteiger partial charge in [-0.05, 0) is 25.1 Å². The number of nitrogens with two attached hydrogens (primary N) is 1. The molecule has 0 aliphatic carbocycles. The topological polar surface area (TPSA) is 49.8 Å². The second kappa shape index (κ2) is 4.03. The van der Waals surface area contributed by atoms with Gasteiger partial charge < -0.3 is 5.73 Å². The molecule has 1 unspecified atom stereocenters. The third-order valence-electron chi connectivity index (χ3n) is 1.35. The van der Waals surface area contributed by atoms with Crippen molar-refractivity contribution < 1.29 is 0 Å². The molecule has 0 fully saturated rings. The van der Waals surface area contributed by atoms with E-state index >= 15 is 0 Å². The Bertz CT molecular complexity index is 304. The van der Waals surface area contributed by atoms with Crippen molar-refractivity contribution >= 4 is 17.4 Å². The third kappa shape index (κ3) is 2.48. The Hall–Kier alpha value is -1.14. The number of anilines is 1. The molecule has 0 aromatic heterocycles. The Morgan fingerprint density at radius 1 is 1.58 bits per heavy atom. The summed E-state index contributed by atoms with van der Waals surface area (Å²) in [7, 11) is 0. The van der Waals surface area contributed by atoms with Gasteiger partial charge in [0.2, 0.25) is 0 Å². The van der Waals surface area contributed by atoms with Crippen LogP contribution in [0.2, 0.25) is 0 Å². The Labute approximate surface area is 76.4 Å². The number of benzene rings is 1. The van der Waals surface area contributed by atoms with Crippen molar-refractivity contribution in [3.8, 4) is 6.07 Å². The van der Waals surface area contributed by atoms with Gasteiger partial charge in [-0.3, -0.25) is 0 Å². The van der Waals surface area contributed by atoms with E-state index in [1.807, 2.05) is 31.2 Å². The highest BCUT2D eigenvalue weighted by molar-refractivity contribution is 8.00. The number of nitriles is 1. The van der Waals surface area contributed by atoms with Gasteiger partial charge in [0.25, 0.3) is 0 Å². The fourth-order valence-electron chi connectivity index (χ4n) is 0.818. The van der Waals surface area contributed by atoms with E-state index in [1.54, 1.807) is 0 Å². The highest BCUT2D eigenvalue weighted by atomic mass is 32.2. The minimum atomic E-state index is -0.0215. The fourth-order valence-corrected chi connectivity index (χ4v) is 1.64. The molecule has 0 bridgehead atoms. The standard InChI is InChI=1S/C9H10N2S/c1-7(6-10)12-9-4-2-3-8(11)5-9/h2-5,7H,11H2,1H3. The summed E-state index contributed by atoms with van der Waals surface area (Å²) < 4.78 is 0. The Morgan fingerprint density at radius 3 is 2.92 bits per heavy atom. The molecule has 12 heavy (non-hydrogen) atoms. The first-order valence-electron chi connectivity index (χ1n) is 3.64. The molecule has 3 heteroatoms. The van der Waals surface area contributed by atoms with Crippen molar-refractivity contribution in [2.75, 3.05) is 5.73 Å². The number of nitrogen functional groups attached to an aromatic ring is 1. The molecule has 0 heterocycles. The lowest BCUT2D eigenvalue weighted by atomic mass is 10.3. The van der Waals surface area contributed by atoms with Crippen molar-refractivity contribution in [3.63, 3.8) is 0 Å². The SMILES string of the molecule is CC(C#N)Sc1cccc(N)c1. The summed E-state index contributed by atoms with van der Waals surface area (Å²) in [5.74, 6) is 0. The number of nitrogens with zero attached hydrogens (tertiary/aromatic N) is 1. The lowest BCUT2D eigenvalue weighted by Crippen LogP contribution is -1.90. The zero-order valence-electron chi connectivity index (χ0n) is 6.82. The van der Waals surface area contributed by atoms with Gasteiger partial charge in [-0.1, -0.05) is 6.07 Å². The molecule has 0 saturated heterocycles. The summed E-state index contributed by atoms with van der Waals surface area (Å²) in [6, 6.07) is 9.71. The monoisotopic (exact) mass is 178 g/mol. The van der Waals surface area contributed by atoms with Crippen molar-refractivity contribution in [1.29, 1.82) is 5.26 Å². The molecule has 0 saturated carbocycles. The minimum Gasteiger partial charge on any atom is -0.399 e. The van der Waals surface area contributed by atoms with Crippen LogP contribution in [0.1, 0.15) is 6.92 Å². The maximum Gasteiger partial charge on any atom is 0.0935 e. The van der Waals surface area contributed by atoms with Crippen LogP contribution in [0.4, 0.5) is 5.69 Å². The van der Waals surface area contributed by atoms with Crippen LogP contribution < -0.4 is 5.73 Å². The fraction of sp³-hybridized carbons (Fsp3) is 0.222. The first-order chi connectivity index (χ1) is 5.72. The Morgan fingerprint density at radius 2 is 2.33 bits per heavy atom. The van der Waals surface area contributed by atoms with Gasteiger partial charge >= 0.3 is 0 Å². The third-order valence-corrected chi connectivity index (χ3v) is 2.34. The normalized spacial score (nSPS) is 12.0. The molecule has 1 aromatic rings. The van der Waals surface area contributed by atoms with Crippen LogP contribution in [0.5, 0.6) is 0 Å². The van der Waals surface area contributed by atoms with Crippen molar-refractivity contribution in [2.24, 2.45) is 0 Å². The van der Waals surface area contributed by atoms with Gasteiger partial charge in [-0.2, -0.15) is 5.26 Å². The van der Waals surface area contributed by atoms with Crippen molar-refractivity contribution in [3.05, 3.63) is 24.3 Å². The van der Waals surface area contributed by atoms with E-state index in [9.17, 15) is 0 Å². The largest absolute Gasteiger partial charge is 0.399 e. The first kappa shape index (κ1) is 8.95. The Balaban J connectivity index is 2.71. The molecule has 2 N–H and O–H groups in total. The van der Waals surface area contributed by atoms with Crippen LogP contribution in [0.15, 0.2) is 29.2 Å². The number of rotatable bonds is 2. The summed E-state index contributed by atoms with van der Waals surface area (Å²) in [4.78, 5) is 1.05. The summed E-state index contributed by atoms with van der Waals surface area (Å²) in [5, 5.41) is 8.54. The molecule has 62 valence electrons. The van der Waals surface area contributed by atoms with Gasteiger partial charge in [-0.25, -0.2) is 0 Å². The second-order valence-electron chi connectivity index (χ2n) is 2.46. The molecule has 1 aromatic carbocycles. The van der Waals surface area contributed by atoms with E-state index in [0.717, 1.165) is 10.6 Å². The van der Waals surface area contributed by atoms with Crippen LogP contribution in [-0.4, -0.2) is 5.25 Å². The van der Waals surface area contributed by atoms with Crippen LogP contribution >= 0.6 is 11.8 Å². The van der Waals surface area contributed by atoms with E-state index in [-0.39, 0.29) is 5.25 Å². The lowest BCUT2D eigenvalue weighted by Gasteiger charge is -2.02. The summed E-state index contributed by atoms with van der Waals surface area (Å²) in [5.41, 5.74) is 6.32. The molecular weight excluding hydrogens is 168 g/mol. The molecule has 1 atom stereocenters. The predicted octanol–water partition coefficient (Wildman–Crippen LogP) is 2.27. The van der Waals surface area contributed by atoms with Crippen LogP contribution in [-0.2, 0) is 0 Å². The smallest absolute Gasteiger partial charge is 0.0935 e. The lowest BCUT2D eigenvalue weighted by molar-refractivity contribution is 1.23. The van der Waals surface area contributed by atoms with Gasteiger partial charge in [0.15, 0.2) is 0 Å². The number of hydrogen-bond donors (Lipinski definition) is 1. The zero-order valence-corrected chi connectivity index (χ0v) is 7.64. The van der Waals surface area contributed by atoms with E-state index in [4.69, 9.17) is 11.0 Å². The quantitative estimate of drug-likeness (QED) is 0.558. The van der Waals surface area contributed by atoms with E-state index < -0.39 is 0 Å². The maximum absolute atomic E-state index is 8.56. The summed E-state index contributed by atoms with van der Waals surface area (Å²) in [6.07, 6.45) is 0. The summed E-state index contributed by atoms with van der Waals surface area (Å²) >= 11 is 1.52. The van der Waals surface area contributed by atoms with E-state index in [1.165, 1.54) is 11.8 Å². The van der Waals surface area contributed by atoms with Gasteiger partial charge in [0.05, 0.1) is 11.3 Å². The van der Waals surface area contributed by atoms with Gasteiger partial charge in [0, 0.05) is 10.6 Å². The van der Waals surface area contributed by atoms with Crippen molar-refractivity contribution in [2.45, 2.75) is 17.1 Å². The summed E-state index contributed by atoms with van der Waals surface area (Å²) in [6.45, 7) is 1.87. The van der Waals surface area contributed by atoms with Crippen LogP contribution in [0.3, 0.4) is 0 Å². The minimum absolute atomic E-state index is 0.0215. The van der Waals surface area contributed by atoms with Crippen LogP contribution in [0.25, 0.3) is 0 Å². The maximum atomic E-state index is 8.56. The Kier molecular flexibility index (Phi) is 3.01. The average Bonchev–Trinajstić information content (AvgIpc) is 2.04. The predicted molar refractivity (Wildman–Crippen MR) is 51.8 cm³/mol. The molecule has 0 radical (unpaired) electrons. The molecular formula is C9H10N2S. The molecule has 0 aliphatic heterocycles. The second-order valence-corrected chi connectivity index (χ2v) is 3.88. The average molecular weight is 178 g/mol. The number of thioether (sulfide) groups is 1. The van der Waals surface area contributed by atoms with Gasteiger partial charge in [0.1, 0.15) is 0 Å². The van der Waals surface area contributed by atoms with E-state index in [2.05, 4.69) is 6.07 Å². The molecule has 1 rings (SSSR count). The highest BCUT2D eigenvalue weighted by Crippen LogP contribution is 2.23. The first-order valence-corrected chi connectivity index (χ1v) is 4.52. The van der Waals surface area contributed by atoms with Gasteiger partial charge in [-0.15, -0.1) is 11.8 Å². The molecule has 0 spiro atoms. The zero-order chi connectivity index (χ0) is 8.97. The highest BCUT2D eigenvalue weighted by Gasteiger charge is 2.01. The van der Waals surface area contributed by atoms with E-state index in [0.29, 0.717) is 0 Å². The van der Waals surface area contributed by atoms with Crippen LogP contribution in [0, 0.1) is 11.3 Å². The van der Waals surface area contributed by atoms with Crippen molar-refractivity contribution in [1.82, 2.24) is 0 Å². The molecule has 0 aliphatic rings. The molecule has 0 amide bonds.